The molecule has 0 aliphatic heterocycles. The van der Waals surface area contributed by atoms with Crippen molar-refractivity contribution in [2.75, 3.05) is 11.9 Å². The summed E-state index contributed by atoms with van der Waals surface area (Å²) in [5, 5.41) is 11.2. The van der Waals surface area contributed by atoms with Crippen LogP contribution in [-0.4, -0.2) is 18.5 Å². The number of hydrogen-bond donors (Lipinski definition) is 1. The van der Waals surface area contributed by atoms with Crippen molar-refractivity contribution in [3.63, 3.8) is 0 Å². The number of carbonyl (C=O) groups is 2. The summed E-state index contributed by atoms with van der Waals surface area (Å²) in [6.45, 7) is -0.538. The maximum Gasteiger partial charge on any atom is 0.341 e. The van der Waals surface area contributed by atoms with Gasteiger partial charge in [0.25, 0.3) is 5.91 Å². The van der Waals surface area contributed by atoms with E-state index < -0.39 is 24.3 Å². The lowest BCUT2D eigenvalue weighted by Gasteiger charge is -2.07. The molecule has 2 aromatic rings. The molecule has 2 aromatic carbocycles. The third kappa shape index (κ3) is 4.75. The molecule has 0 aromatic heterocycles. The van der Waals surface area contributed by atoms with E-state index in [2.05, 4.69) is 27.9 Å². The molecule has 7 heteroatoms. The highest BCUT2D eigenvalue weighted by Crippen LogP contribution is 2.13. The molecule has 0 spiro atoms. The molecule has 0 unspecified atom stereocenters. The maximum absolute atomic E-state index is 13.6. The highest BCUT2D eigenvalue weighted by atomic mass is 127. The quantitative estimate of drug-likeness (QED) is 0.605. The lowest BCUT2D eigenvalue weighted by molar-refractivity contribution is -0.119. The molecule has 0 fully saturated rings. The monoisotopic (exact) mass is 424 g/mol. The van der Waals surface area contributed by atoms with E-state index in [9.17, 15) is 14.0 Å². The van der Waals surface area contributed by atoms with Crippen molar-refractivity contribution in [1.29, 1.82) is 5.26 Å². The SMILES string of the molecule is N#Cc1ccc(C(=O)OCC(=O)Nc2cccc(I)c2)c(F)c1. The molecule has 0 heterocycles. The second-order valence-corrected chi connectivity index (χ2v) is 5.69. The zero-order chi connectivity index (χ0) is 16.8. The van der Waals surface area contributed by atoms with Crippen molar-refractivity contribution in [2.24, 2.45) is 0 Å². The smallest absolute Gasteiger partial charge is 0.341 e. The molecule has 23 heavy (non-hydrogen) atoms. The number of hydrogen-bond acceptors (Lipinski definition) is 4. The first kappa shape index (κ1) is 16.9. The summed E-state index contributed by atoms with van der Waals surface area (Å²) in [5.41, 5.74) is 0.337. The fourth-order valence-electron chi connectivity index (χ4n) is 1.72. The Balaban J connectivity index is 1.94. The van der Waals surface area contributed by atoms with E-state index in [0.717, 1.165) is 15.7 Å². The Morgan fingerprint density at radius 3 is 2.70 bits per heavy atom. The van der Waals surface area contributed by atoms with Crippen LogP contribution in [0.2, 0.25) is 0 Å². The molecule has 1 amide bonds. The van der Waals surface area contributed by atoms with Crippen LogP contribution in [0.5, 0.6) is 0 Å². The van der Waals surface area contributed by atoms with Gasteiger partial charge in [-0.25, -0.2) is 9.18 Å². The van der Waals surface area contributed by atoms with Gasteiger partial charge in [-0.3, -0.25) is 4.79 Å². The Labute approximate surface area is 145 Å². The normalized spacial score (nSPS) is 9.78. The van der Waals surface area contributed by atoms with Crippen molar-refractivity contribution in [1.82, 2.24) is 0 Å². The van der Waals surface area contributed by atoms with Crippen molar-refractivity contribution in [2.45, 2.75) is 0 Å². The average Bonchev–Trinajstić information content (AvgIpc) is 2.52. The van der Waals surface area contributed by atoms with Gasteiger partial charge in [0.1, 0.15) is 5.82 Å². The molecular formula is C16H10FIN2O3. The second kappa shape index (κ2) is 7.69. The minimum Gasteiger partial charge on any atom is -0.452 e. The molecule has 0 atom stereocenters. The number of nitrogens with one attached hydrogen (secondary N) is 1. The number of amides is 1. The molecule has 2 rings (SSSR count). The molecule has 0 radical (unpaired) electrons. The lowest BCUT2D eigenvalue weighted by atomic mass is 10.1. The fourth-order valence-corrected chi connectivity index (χ4v) is 2.27. The Morgan fingerprint density at radius 1 is 1.26 bits per heavy atom. The fraction of sp³-hybridized carbons (Fsp3) is 0.0625. The van der Waals surface area contributed by atoms with Gasteiger partial charge in [-0.2, -0.15) is 5.26 Å². The van der Waals surface area contributed by atoms with Gasteiger partial charge in [0, 0.05) is 9.26 Å². The number of nitrogens with zero attached hydrogens (tertiary/aromatic N) is 1. The summed E-state index contributed by atoms with van der Waals surface area (Å²) >= 11 is 2.10. The van der Waals surface area contributed by atoms with Gasteiger partial charge in [0.05, 0.1) is 17.2 Å². The molecule has 0 aliphatic rings. The molecule has 5 nitrogen and oxygen atoms in total. The number of halogens is 2. The Bertz CT molecular complexity index is 802. The van der Waals surface area contributed by atoms with Gasteiger partial charge in [0.2, 0.25) is 0 Å². The van der Waals surface area contributed by atoms with E-state index >= 15 is 0 Å². The molecule has 0 saturated heterocycles. The van der Waals surface area contributed by atoms with Crippen molar-refractivity contribution in [3.8, 4) is 6.07 Å². The predicted molar refractivity (Wildman–Crippen MR) is 89.2 cm³/mol. The molecular weight excluding hydrogens is 414 g/mol. The largest absolute Gasteiger partial charge is 0.452 e. The summed E-state index contributed by atoms with van der Waals surface area (Å²) in [6, 6.07) is 12.2. The van der Waals surface area contributed by atoms with Crippen LogP contribution in [0.1, 0.15) is 15.9 Å². The number of benzene rings is 2. The summed E-state index contributed by atoms with van der Waals surface area (Å²) in [7, 11) is 0. The molecule has 0 bridgehead atoms. The topological polar surface area (TPSA) is 79.2 Å². The standard InChI is InChI=1S/C16H10FIN2O3/c17-14-6-10(8-19)4-5-13(14)16(22)23-9-15(21)20-12-3-1-2-11(18)7-12/h1-7H,9H2,(H,20,21). The second-order valence-electron chi connectivity index (χ2n) is 4.44. The zero-order valence-corrected chi connectivity index (χ0v) is 13.8. The lowest BCUT2D eigenvalue weighted by Crippen LogP contribution is -2.21. The highest BCUT2D eigenvalue weighted by Gasteiger charge is 2.15. The van der Waals surface area contributed by atoms with E-state index in [0.29, 0.717) is 5.69 Å². The Morgan fingerprint density at radius 2 is 2.04 bits per heavy atom. The Kier molecular flexibility index (Phi) is 5.65. The third-order valence-corrected chi connectivity index (χ3v) is 3.43. The van der Waals surface area contributed by atoms with Crippen LogP contribution in [0, 0.1) is 20.7 Å². The molecule has 1 N–H and O–H groups in total. The summed E-state index contributed by atoms with van der Waals surface area (Å²) < 4.78 is 19.4. The van der Waals surface area contributed by atoms with E-state index in [1.54, 1.807) is 24.3 Å². The van der Waals surface area contributed by atoms with Crippen LogP contribution < -0.4 is 5.32 Å². The number of anilines is 1. The summed E-state index contributed by atoms with van der Waals surface area (Å²) in [5.74, 6) is -2.37. The first-order valence-electron chi connectivity index (χ1n) is 6.42. The van der Waals surface area contributed by atoms with Crippen molar-refractivity contribution in [3.05, 3.63) is 63.0 Å². The predicted octanol–water partition coefficient (Wildman–Crippen LogP) is 3.10. The number of esters is 1. The Hall–Kier alpha value is -2.47. The summed E-state index contributed by atoms with van der Waals surface area (Å²) in [4.78, 5) is 23.5. The van der Waals surface area contributed by atoms with Crippen LogP contribution in [0.3, 0.4) is 0 Å². The van der Waals surface area contributed by atoms with E-state index in [4.69, 9.17) is 10.00 Å². The summed E-state index contributed by atoms with van der Waals surface area (Å²) in [6.07, 6.45) is 0. The van der Waals surface area contributed by atoms with Crippen LogP contribution in [0.15, 0.2) is 42.5 Å². The van der Waals surface area contributed by atoms with Gasteiger partial charge >= 0.3 is 5.97 Å². The van der Waals surface area contributed by atoms with Gasteiger partial charge in [0.15, 0.2) is 6.61 Å². The molecule has 0 aliphatic carbocycles. The number of rotatable bonds is 4. The van der Waals surface area contributed by atoms with E-state index in [1.165, 1.54) is 6.07 Å². The first-order chi connectivity index (χ1) is 11.0. The van der Waals surface area contributed by atoms with E-state index in [-0.39, 0.29) is 11.1 Å². The third-order valence-electron chi connectivity index (χ3n) is 2.76. The first-order valence-corrected chi connectivity index (χ1v) is 7.49. The van der Waals surface area contributed by atoms with Crippen molar-refractivity contribution >= 4 is 40.2 Å². The van der Waals surface area contributed by atoms with Gasteiger partial charge in [-0.15, -0.1) is 0 Å². The average molecular weight is 424 g/mol. The minimum absolute atomic E-state index is 0.0930. The molecule has 0 saturated carbocycles. The van der Waals surface area contributed by atoms with Crippen LogP contribution in [0.4, 0.5) is 10.1 Å². The van der Waals surface area contributed by atoms with Crippen molar-refractivity contribution < 1.29 is 18.7 Å². The zero-order valence-electron chi connectivity index (χ0n) is 11.7. The number of carbonyl (C=O) groups excluding carboxylic acids is 2. The minimum atomic E-state index is -0.968. The van der Waals surface area contributed by atoms with Gasteiger partial charge in [-0.05, 0) is 59.0 Å². The maximum atomic E-state index is 13.6. The van der Waals surface area contributed by atoms with Crippen LogP contribution in [-0.2, 0) is 9.53 Å². The highest BCUT2D eigenvalue weighted by molar-refractivity contribution is 14.1. The van der Waals surface area contributed by atoms with Crippen LogP contribution >= 0.6 is 22.6 Å². The number of nitriles is 1. The molecule has 116 valence electrons. The van der Waals surface area contributed by atoms with Crippen LogP contribution in [0.25, 0.3) is 0 Å². The number of ether oxygens (including phenoxy) is 1. The van der Waals surface area contributed by atoms with E-state index in [1.807, 2.05) is 6.07 Å². The van der Waals surface area contributed by atoms with Gasteiger partial charge in [-0.1, -0.05) is 6.07 Å². The van der Waals surface area contributed by atoms with Gasteiger partial charge < -0.3 is 10.1 Å².